The summed E-state index contributed by atoms with van der Waals surface area (Å²) in [6, 6.07) is 10.8. The van der Waals surface area contributed by atoms with E-state index < -0.39 is 0 Å². The van der Waals surface area contributed by atoms with Gasteiger partial charge < -0.3 is 10.3 Å². The second kappa shape index (κ2) is 5.43. The minimum Gasteiger partial charge on any atom is -0.346 e. The van der Waals surface area contributed by atoms with Gasteiger partial charge in [0.1, 0.15) is 11.5 Å². The number of nitrogens with zero attached hydrogens (tertiary/aromatic N) is 1. The molecule has 0 amide bonds. The van der Waals surface area contributed by atoms with Gasteiger partial charge in [-0.05, 0) is 30.7 Å². The van der Waals surface area contributed by atoms with E-state index >= 15 is 0 Å². The van der Waals surface area contributed by atoms with Gasteiger partial charge in [-0.3, -0.25) is 0 Å². The van der Waals surface area contributed by atoms with Crippen LogP contribution in [0.2, 0.25) is 0 Å². The van der Waals surface area contributed by atoms with Crippen molar-refractivity contribution in [3.63, 3.8) is 0 Å². The van der Waals surface area contributed by atoms with E-state index in [0.29, 0.717) is 12.1 Å². The lowest BCUT2D eigenvalue weighted by Gasteiger charge is -2.14. The molecule has 0 fully saturated rings. The van der Waals surface area contributed by atoms with E-state index in [1.54, 1.807) is 12.3 Å². The monoisotopic (exact) mass is 269 g/mol. The van der Waals surface area contributed by atoms with Crippen LogP contribution in [0.5, 0.6) is 0 Å². The fourth-order valence-corrected chi connectivity index (χ4v) is 2.36. The first-order valence-corrected chi connectivity index (χ1v) is 6.64. The zero-order chi connectivity index (χ0) is 13.9. The summed E-state index contributed by atoms with van der Waals surface area (Å²) in [6.45, 7) is 2.63. The molecule has 3 nitrogen and oxygen atoms in total. The molecule has 1 atom stereocenters. The number of rotatable bonds is 4. The molecule has 0 saturated heterocycles. The van der Waals surface area contributed by atoms with E-state index in [0.717, 1.165) is 16.6 Å². The maximum atomic E-state index is 13.7. The van der Waals surface area contributed by atoms with Gasteiger partial charge in [-0.25, -0.2) is 9.37 Å². The summed E-state index contributed by atoms with van der Waals surface area (Å²) in [5.74, 6) is -0.173. The fourth-order valence-electron chi connectivity index (χ4n) is 2.36. The van der Waals surface area contributed by atoms with Crippen LogP contribution in [0.4, 0.5) is 4.39 Å². The summed E-state index contributed by atoms with van der Waals surface area (Å²) in [7, 11) is 0. The molecule has 2 aromatic heterocycles. The summed E-state index contributed by atoms with van der Waals surface area (Å²) in [5.41, 5.74) is 2.70. The Morgan fingerprint density at radius 1 is 1.25 bits per heavy atom. The lowest BCUT2D eigenvalue weighted by molar-refractivity contribution is 0.529. The van der Waals surface area contributed by atoms with Crippen molar-refractivity contribution in [2.24, 2.45) is 0 Å². The molecule has 0 unspecified atom stereocenters. The second-order valence-electron chi connectivity index (χ2n) is 4.84. The molecule has 1 aromatic carbocycles. The molecule has 0 saturated carbocycles. The van der Waals surface area contributed by atoms with Crippen LogP contribution in [0.25, 0.3) is 11.0 Å². The Morgan fingerprint density at radius 2 is 2.10 bits per heavy atom. The van der Waals surface area contributed by atoms with E-state index in [1.165, 1.54) is 6.07 Å². The first-order valence-electron chi connectivity index (χ1n) is 6.64. The number of hydrogen-bond acceptors (Lipinski definition) is 2. The van der Waals surface area contributed by atoms with Crippen LogP contribution >= 0.6 is 0 Å². The van der Waals surface area contributed by atoms with Crippen LogP contribution < -0.4 is 5.32 Å². The van der Waals surface area contributed by atoms with Gasteiger partial charge in [0.15, 0.2) is 0 Å². The van der Waals surface area contributed by atoms with Crippen molar-refractivity contribution in [1.82, 2.24) is 15.3 Å². The van der Waals surface area contributed by atoms with Gasteiger partial charge in [-0.15, -0.1) is 0 Å². The third-order valence-electron chi connectivity index (χ3n) is 3.51. The van der Waals surface area contributed by atoms with Crippen molar-refractivity contribution in [2.45, 2.75) is 19.5 Å². The number of halogens is 1. The number of aromatic nitrogens is 2. The first kappa shape index (κ1) is 12.8. The third-order valence-corrected chi connectivity index (χ3v) is 3.51. The summed E-state index contributed by atoms with van der Waals surface area (Å²) < 4.78 is 13.7. The summed E-state index contributed by atoms with van der Waals surface area (Å²) in [6.07, 6.45) is 3.71. The molecular weight excluding hydrogens is 253 g/mol. The Bertz CT molecular complexity index is 720. The maximum absolute atomic E-state index is 13.7. The average Bonchev–Trinajstić information content (AvgIpc) is 2.88. The van der Waals surface area contributed by atoms with Gasteiger partial charge in [0.05, 0.1) is 0 Å². The van der Waals surface area contributed by atoms with Crippen LogP contribution in [0.1, 0.15) is 24.1 Å². The number of aromatic amines is 1. The minimum atomic E-state index is -0.173. The molecule has 3 rings (SSSR count). The molecule has 0 spiro atoms. The van der Waals surface area contributed by atoms with Crippen molar-refractivity contribution in [3.8, 4) is 0 Å². The number of fused-ring (bicyclic) bond motifs is 1. The molecular formula is C16H16FN3. The zero-order valence-corrected chi connectivity index (χ0v) is 11.2. The Labute approximate surface area is 116 Å². The highest BCUT2D eigenvalue weighted by Gasteiger charge is 2.11. The van der Waals surface area contributed by atoms with Crippen LogP contribution in [0, 0.1) is 5.82 Å². The Morgan fingerprint density at radius 3 is 2.95 bits per heavy atom. The van der Waals surface area contributed by atoms with Crippen molar-refractivity contribution < 1.29 is 4.39 Å². The molecule has 102 valence electrons. The smallest absolute Gasteiger partial charge is 0.137 e. The normalized spacial score (nSPS) is 12.7. The second-order valence-corrected chi connectivity index (χ2v) is 4.84. The standard InChI is InChI=1S/C16H16FN3/c1-11(13-5-2-3-7-15(13)17)19-9-12-10-20-16-14(12)6-4-8-18-16/h2-8,10-11,19H,9H2,1H3,(H,18,20)/t11-/m1/s1. The zero-order valence-electron chi connectivity index (χ0n) is 11.2. The Kier molecular flexibility index (Phi) is 3.48. The Balaban J connectivity index is 1.75. The largest absolute Gasteiger partial charge is 0.346 e. The topological polar surface area (TPSA) is 40.7 Å². The van der Waals surface area contributed by atoms with Gasteiger partial charge in [-0.2, -0.15) is 0 Å². The molecule has 20 heavy (non-hydrogen) atoms. The number of pyridine rings is 1. The lowest BCUT2D eigenvalue weighted by Crippen LogP contribution is -2.18. The van der Waals surface area contributed by atoms with Gasteiger partial charge in [0, 0.05) is 35.9 Å². The molecule has 0 radical (unpaired) electrons. The lowest BCUT2D eigenvalue weighted by atomic mass is 10.1. The molecule has 0 aliphatic heterocycles. The summed E-state index contributed by atoms with van der Waals surface area (Å²) >= 11 is 0. The average molecular weight is 269 g/mol. The minimum absolute atomic E-state index is 0.0437. The highest BCUT2D eigenvalue weighted by atomic mass is 19.1. The van der Waals surface area contributed by atoms with Gasteiger partial charge in [0.25, 0.3) is 0 Å². The van der Waals surface area contributed by atoms with Crippen molar-refractivity contribution in [2.75, 3.05) is 0 Å². The number of hydrogen-bond donors (Lipinski definition) is 2. The first-order chi connectivity index (χ1) is 9.75. The van der Waals surface area contributed by atoms with Crippen LogP contribution in [-0.2, 0) is 6.54 Å². The molecule has 3 aromatic rings. The van der Waals surface area contributed by atoms with Crippen molar-refractivity contribution >= 4 is 11.0 Å². The van der Waals surface area contributed by atoms with E-state index in [9.17, 15) is 4.39 Å². The summed E-state index contributed by atoms with van der Waals surface area (Å²) in [5, 5.41) is 4.44. The SMILES string of the molecule is C[C@@H](NCc1c[nH]c2ncccc12)c1ccccc1F. The maximum Gasteiger partial charge on any atom is 0.137 e. The summed E-state index contributed by atoms with van der Waals surface area (Å²) in [4.78, 5) is 7.40. The number of nitrogens with one attached hydrogen (secondary N) is 2. The third kappa shape index (κ3) is 2.42. The van der Waals surface area contributed by atoms with Gasteiger partial charge in [-0.1, -0.05) is 18.2 Å². The molecule has 4 heteroatoms. The number of H-pyrrole nitrogens is 1. The number of benzene rings is 1. The predicted octanol–water partition coefficient (Wildman–Crippen LogP) is 3.55. The van der Waals surface area contributed by atoms with E-state index in [-0.39, 0.29) is 11.9 Å². The van der Waals surface area contributed by atoms with E-state index in [4.69, 9.17) is 0 Å². The van der Waals surface area contributed by atoms with Gasteiger partial charge in [0.2, 0.25) is 0 Å². The molecule has 2 heterocycles. The van der Waals surface area contributed by atoms with E-state index in [2.05, 4.69) is 15.3 Å². The van der Waals surface area contributed by atoms with Crippen LogP contribution in [0.3, 0.4) is 0 Å². The highest BCUT2D eigenvalue weighted by Crippen LogP contribution is 2.19. The molecule has 2 N–H and O–H groups in total. The molecule has 0 bridgehead atoms. The van der Waals surface area contributed by atoms with Crippen LogP contribution in [0.15, 0.2) is 48.8 Å². The quantitative estimate of drug-likeness (QED) is 0.760. The highest BCUT2D eigenvalue weighted by molar-refractivity contribution is 5.79. The van der Waals surface area contributed by atoms with Crippen molar-refractivity contribution in [3.05, 3.63) is 65.7 Å². The molecule has 0 aliphatic carbocycles. The van der Waals surface area contributed by atoms with E-state index in [1.807, 2.05) is 37.4 Å². The predicted molar refractivity (Wildman–Crippen MR) is 77.7 cm³/mol. The van der Waals surface area contributed by atoms with Crippen LogP contribution in [-0.4, -0.2) is 9.97 Å². The van der Waals surface area contributed by atoms with Crippen molar-refractivity contribution in [1.29, 1.82) is 0 Å². The fraction of sp³-hybridized carbons (Fsp3) is 0.188. The Hall–Kier alpha value is -2.20. The molecule has 0 aliphatic rings. The van der Waals surface area contributed by atoms with Gasteiger partial charge >= 0.3 is 0 Å².